The van der Waals surface area contributed by atoms with E-state index in [0.29, 0.717) is 0 Å². The Balaban J connectivity index is 1.30. The van der Waals surface area contributed by atoms with Gasteiger partial charge in [-0.25, -0.2) is 0 Å². The van der Waals surface area contributed by atoms with Crippen LogP contribution in [-0.4, -0.2) is 0 Å². The molecule has 0 aromatic heterocycles. The van der Waals surface area contributed by atoms with E-state index in [4.69, 9.17) is 0 Å². The second-order valence-electron chi connectivity index (χ2n) is 15.6. The molecule has 1 nitrogen and oxygen atoms in total. The molecule has 10 rings (SSSR count). The Hall–Kier alpha value is -6.18. The molecular formula is C53H43N. The fourth-order valence-corrected chi connectivity index (χ4v) is 10.1. The van der Waals surface area contributed by atoms with Gasteiger partial charge >= 0.3 is 0 Å². The van der Waals surface area contributed by atoms with E-state index in [2.05, 4.69) is 215 Å². The van der Waals surface area contributed by atoms with Crippen molar-refractivity contribution >= 4 is 11.4 Å². The van der Waals surface area contributed by atoms with Crippen molar-refractivity contribution in [2.75, 3.05) is 4.90 Å². The lowest BCUT2D eigenvalue weighted by Crippen LogP contribution is -2.26. The zero-order valence-corrected chi connectivity index (χ0v) is 31.3. The predicted molar refractivity (Wildman–Crippen MR) is 227 cm³/mol. The molecule has 0 amide bonds. The molecule has 1 spiro atoms. The largest absolute Gasteiger partial charge is 0.310 e. The summed E-state index contributed by atoms with van der Waals surface area (Å²) in [6.45, 7) is 9.15. The molecule has 1 atom stereocenters. The molecule has 0 radical (unpaired) electrons. The van der Waals surface area contributed by atoms with Crippen LogP contribution in [0.25, 0.3) is 33.4 Å². The van der Waals surface area contributed by atoms with Crippen LogP contribution in [0.4, 0.5) is 11.4 Å². The molecule has 0 fully saturated rings. The molecular weight excluding hydrogens is 651 g/mol. The lowest BCUT2D eigenvalue weighted by Gasteiger charge is -2.34. The number of nitrogens with zero attached hydrogens (tertiary/aromatic N) is 1. The fourth-order valence-electron chi connectivity index (χ4n) is 10.1. The third kappa shape index (κ3) is 4.39. The van der Waals surface area contributed by atoms with Crippen molar-refractivity contribution in [3.63, 3.8) is 0 Å². The molecule has 1 heteroatoms. The van der Waals surface area contributed by atoms with Crippen LogP contribution >= 0.6 is 0 Å². The minimum absolute atomic E-state index is 0.130. The van der Waals surface area contributed by atoms with E-state index in [0.717, 1.165) is 5.69 Å². The van der Waals surface area contributed by atoms with Crippen LogP contribution < -0.4 is 4.90 Å². The summed E-state index contributed by atoms with van der Waals surface area (Å²) in [5.74, 6) is 0.238. The molecule has 0 saturated heterocycles. The van der Waals surface area contributed by atoms with Crippen molar-refractivity contribution in [1.82, 2.24) is 0 Å². The molecule has 0 heterocycles. The summed E-state index contributed by atoms with van der Waals surface area (Å²) in [7, 11) is 0. The van der Waals surface area contributed by atoms with Crippen LogP contribution in [-0.2, 0) is 10.8 Å². The average Bonchev–Trinajstić information content (AvgIpc) is 3.77. The van der Waals surface area contributed by atoms with Gasteiger partial charge in [0.1, 0.15) is 0 Å². The number of anilines is 2. The number of hydrogen-bond acceptors (Lipinski definition) is 1. The molecule has 6 aromatic carbocycles. The summed E-state index contributed by atoms with van der Waals surface area (Å²) in [6.07, 6.45) is 17.7. The average molecular weight is 694 g/mol. The Bertz CT molecular complexity index is 2630. The zero-order valence-electron chi connectivity index (χ0n) is 31.3. The Kier molecular flexibility index (Phi) is 7.33. The third-order valence-corrected chi connectivity index (χ3v) is 12.4. The molecule has 4 aliphatic rings. The van der Waals surface area contributed by atoms with E-state index in [1.807, 2.05) is 0 Å². The molecule has 0 bridgehead atoms. The molecule has 0 aliphatic heterocycles. The van der Waals surface area contributed by atoms with E-state index in [9.17, 15) is 0 Å². The maximum Gasteiger partial charge on any atom is 0.0726 e. The van der Waals surface area contributed by atoms with Crippen molar-refractivity contribution in [3.8, 4) is 33.4 Å². The first kappa shape index (κ1) is 32.5. The van der Waals surface area contributed by atoms with Crippen LogP contribution in [0.3, 0.4) is 0 Å². The Labute approximate surface area is 319 Å². The van der Waals surface area contributed by atoms with Crippen molar-refractivity contribution in [2.24, 2.45) is 5.92 Å². The highest BCUT2D eigenvalue weighted by Crippen LogP contribution is 2.64. The standard InChI is InChI=1S/C53H43N/c1-5-6-7-30-49(37-20-9-8-19-35(37)2)54(36-32-33-41-38-21-10-14-25-43(38)52(3,4)48(41)34-36)50-31-18-29-47-51(50)42-24-13-17-28-46(42)53(47)44-26-15-11-22-39(44)40-23-12-16-27-45(40)53/h5-35H,1-4H3/b6-5-,30-7-,49-37-. The third-order valence-electron chi connectivity index (χ3n) is 12.4. The van der Waals surface area contributed by atoms with Gasteiger partial charge in [0.2, 0.25) is 0 Å². The highest BCUT2D eigenvalue weighted by Gasteiger charge is 2.52. The van der Waals surface area contributed by atoms with Crippen LogP contribution in [0.5, 0.6) is 0 Å². The van der Waals surface area contributed by atoms with Gasteiger partial charge in [-0.05, 0) is 98.0 Å². The van der Waals surface area contributed by atoms with Crippen molar-refractivity contribution in [2.45, 2.75) is 38.5 Å². The minimum atomic E-state index is -0.419. The smallest absolute Gasteiger partial charge is 0.0726 e. The van der Waals surface area contributed by atoms with Crippen LogP contribution in [0.2, 0.25) is 0 Å². The number of allylic oxidation sites excluding steroid dienone is 9. The van der Waals surface area contributed by atoms with Gasteiger partial charge in [0.25, 0.3) is 0 Å². The second kappa shape index (κ2) is 12.2. The Morgan fingerprint density at radius 2 is 1.15 bits per heavy atom. The molecule has 260 valence electrons. The first-order valence-electron chi connectivity index (χ1n) is 19.3. The van der Waals surface area contributed by atoms with Crippen LogP contribution in [0.1, 0.15) is 61.1 Å². The van der Waals surface area contributed by atoms with E-state index >= 15 is 0 Å². The lowest BCUT2D eigenvalue weighted by atomic mass is 9.70. The van der Waals surface area contributed by atoms with Gasteiger partial charge in [0.15, 0.2) is 0 Å². The highest BCUT2D eigenvalue weighted by atomic mass is 15.2. The minimum Gasteiger partial charge on any atom is -0.310 e. The number of rotatable bonds is 5. The number of hydrogen-bond donors (Lipinski definition) is 0. The van der Waals surface area contributed by atoms with Crippen molar-refractivity contribution in [3.05, 3.63) is 227 Å². The van der Waals surface area contributed by atoms with Crippen molar-refractivity contribution < 1.29 is 0 Å². The Morgan fingerprint density at radius 1 is 0.574 bits per heavy atom. The Morgan fingerprint density at radius 3 is 1.81 bits per heavy atom. The van der Waals surface area contributed by atoms with Gasteiger partial charge in [0, 0.05) is 28.3 Å². The summed E-state index contributed by atoms with van der Waals surface area (Å²) >= 11 is 0. The van der Waals surface area contributed by atoms with Crippen molar-refractivity contribution in [1.29, 1.82) is 0 Å². The highest BCUT2D eigenvalue weighted by molar-refractivity contribution is 6.00. The van der Waals surface area contributed by atoms with Gasteiger partial charge in [0.05, 0.1) is 11.1 Å². The number of benzene rings is 6. The topological polar surface area (TPSA) is 3.24 Å². The first-order valence-corrected chi connectivity index (χ1v) is 19.3. The number of fused-ring (bicyclic) bond motifs is 13. The van der Waals surface area contributed by atoms with E-state index in [1.54, 1.807) is 0 Å². The van der Waals surface area contributed by atoms with Gasteiger partial charge in [-0.1, -0.05) is 179 Å². The van der Waals surface area contributed by atoms with Gasteiger partial charge in [-0.2, -0.15) is 0 Å². The maximum atomic E-state index is 2.57. The first-order chi connectivity index (χ1) is 26.5. The maximum absolute atomic E-state index is 2.57. The SMILES string of the molecule is C\C=C/C=C\C(=C1/C=CC=CC1C)N(c1ccc2c(c1)C(C)(C)c1ccccc1-2)c1cccc2c1-c1ccccc1C21c2ccccc2-c2ccccc21. The van der Waals surface area contributed by atoms with E-state index in [1.165, 1.54) is 83.7 Å². The van der Waals surface area contributed by atoms with Gasteiger partial charge in [-0.3, -0.25) is 0 Å². The monoisotopic (exact) mass is 693 g/mol. The molecule has 6 aromatic rings. The lowest BCUT2D eigenvalue weighted by molar-refractivity contribution is 0.660. The summed E-state index contributed by atoms with van der Waals surface area (Å²) in [4.78, 5) is 2.57. The van der Waals surface area contributed by atoms with Crippen LogP contribution in [0, 0.1) is 5.92 Å². The summed E-state index contributed by atoms with van der Waals surface area (Å²) in [6, 6.07) is 50.5. The molecule has 4 aliphatic carbocycles. The van der Waals surface area contributed by atoms with Crippen LogP contribution in [0.15, 0.2) is 193 Å². The summed E-state index contributed by atoms with van der Waals surface area (Å²) < 4.78 is 0. The van der Waals surface area contributed by atoms with Gasteiger partial charge < -0.3 is 4.90 Å². The zero-order chi connectivity index (χ0) is 36.6. The second-order valence-corrected chi connectivity index (χ2v) is 15.6. The normalized spacial score (nSPS) is 18.4. The summed E-state index contributed by atoms with van der Waals surface area (Å²) in [5.41, 5.74) is 20.3. The predicted octanol–water partition coefficient (Wildman–Crippen LogP) is 13.6. The van der Waals surface area contributed by atoms with Gasteiger partial charge in [-0.15, -0.1) is 0 Å². The fraction of sp³-hybridized carbons (Fsp3) is 0.132. The molecule has 1 unspecified atom stereocenters. The van der Waals surface area contributed by atoms with E-state index < -0.39 is 5.41 Å². The molecule has 0 saturated carbocycles. The molecule has 0 N–H and O–H groups in total. The summed E-state index contributed by atoms with van der Waals surface area (Å²) in [5, 5.41) is 0. The van der Waals surface area contributed by atoms with E-state index in [-0.39, 0.29) is 11.3 Å². The molecule has 54 heavy (non-hydrogen) atoms. The quantitative estimate of drug-likeness (QED) is 0.162.